The van der Waals surface area contributed by atoms with Gasteiger partial charge in [0.2, 0.25) is 10.0 Å². The minimum Gasteiger partial charge on any atom is -0.472 e. The van der Waals surface area contributed by atoms with E-state index in [1.54, 1.807) is 19.1 Å². The van der Waals surface area contributed by atoms with E-state index in [1.807, 2.05) is 11.9 Å². The van der Waals surface area contributed by atoms with Crippen LogP contribution in [-0.2, 0) is 10.0 Å². The van der Waals surface area contributed by atoms with Crippen LogP contribution in [0.15, 0.2) is 40.0 Å². The van der Waals surface area contributed by atoms with Crippen molar-refractivity contribution in [3.05, 3.63) is 36.3 Å². The molecule has 24 heavy (non-hydrogen) atoms. The second-order valence-electron chi connectivity index (χ2n) is 5.92. The van der Waals surface area contributed by atoms with Gasteiger partial charge < -0.3 is 14.4 Å². The summed E-state index contributed by atoms with van der Waals surface area (Å²) in [5, 5.41) is 15.4. The molecular formula is C17H24N2O4S. The molecule has 6 nitrogen and oxygen atoms in total. The number of unbranched alkanes of at least 4 members (excludes halogenated alkanes) is 1. The Hall–Kier alpha value is -1.83. The highest BCUT2D eigenvalue weighted by molar-refractivity contribution is 7.89. The maximum Gasteiger partial charge on any atom is 0.238 e. The number of hydrogen-bond acceptors (Lipinski definition) is 5. The van der Waals surface area contributed by atoms with Crippen molar-refractivity contribution in [1.29, 1.82) is 0 Å². The quantitative estimate of drug-likeness (QED) is 0.798. The van der Waals surface area contributed by atoms with Crippen LogP contribution in [0.1, 0.15) is 38.4 Å². The third-order valence-electron chi connectivity index (χ3n) is 3.96. The Kier molecular flexibility index (Phi) is 5.69. The second kappa shape index (κ2) is 7.38. The summed E-state index contributed by atoms with van der Waals surface area (Å²) in [5.41, 5.74) is 2.33. The lowest BCUT2D eigenvalue weighted by Gasteiger charge is -2.25. The predicted molar refractivity (Wildman–Crippen MR) is 94.3 cm³/mol. The fourth-order valence-corrected chi connectivity index (χ4v) is 3.41. The Morgan fingerprint density at radius 3 is 2.58 bits per heavy atom. The monoisotopic (exact) mass is 352 g/mol. The van der Waals surface area contributed by atoms with Gasteiger partial charge in [-0.05, 0) is 37.1 Å². The SMILES string of the molecule is CCCCN(C)c1cc(C(C)O)cc(S(N)(=O)=O)c1-c1ccoc1. The van der Waals surface area contributed by atoms with Crippen LogP contribution in [0.2, 0.25) is 0 Å². The molecule has 0 bridgehead atoms. The third kappa shape index (κ3) is 3.98. The average molecular weight is 352 g/mol. The van der Waals surface area contributed by atoms with E-state index in [1.165, 1.54) is 18.6 Å². The number of hydrogen-bond donors (Lipinski definition) is 2. The fourth-order valence-electron chi connectivity index (χ4n) is 2.60. The van der Waals surface area contributed by atoms with E-state index < -0.39 is 16.1 Å². The van der Waals surface area contributed by atoms with Gasteiger partial charge >= 0.3 is 0 Å². The first-order chi connectivity index (χ1) is 11.3. The molecule has 2 aromatic rings. The van der Waals surface area contributed by atoms with Crippen LogP contribution in [0.4, 0.5) is 5.69 Å². The van der Waals surface area contributed by atoms with Crippen LogP contribution in [-0.4, -0.2) is 27.1 Å². The van der Waals surface area contributed by atoms with Crippen LogP contribution >= 0.6 is 0 Å². The number of sulfonamides is 1. The van der Waals surface area contributed by atoms with E-state index in [0.29, 0.717) is 22.4 Å². The molecule has 0 saturated carbocycles. The van der Waals surface area contributed by atoms with Crippen molar-refractivity contribution >= 4 is 15.7 Å². The first-order valence-corrected chi connectivity index (χ1v) is 9.42. The smallest absolute Gasteiger partial charge is 0.238 e. The van der Waals surface area contributed by atoms with Gasteiger partial charge in [0.1, 0.15) is 0 Å². The minimum absolute atomic E-state index is 0.0133. The zero-order chi connectivity index (χ0) is 17.9. The molecule has 132 valence electrons. The maximum atomic E-state index is 12.2. The Labute approximate surface area is 142 Å². The molecule has 0 aliphatic rings. The molecule has 0 saturated heterocycles. The molecule has 2 rings (SSSR count). The fraction of sp³-hybridized carbons (Fsp3) is 0.412. The van der Waals surface area contributed by atoms with Gasteiger partial charge in [-0.25, -0.2) is 13.6 Å². The number of aliphatic hydroxyl groups excluding tert-OH is 1. The van der Waals surface area contributed by atoms with Crippen LogP contribution in [0, 0.1) is 0 Å². The van der Waals surface area contributed by atoms with Gasteiger partial charge in [0.15, 0.2) is 0 Å². The number of rotatable bonds is 7. The van der Waals surface area contributed by atoms with Crippen molar-refractivity contribution in [2.75, 3.05) is 18.5 Å². The molecule has 0 aliphatic carbocycles. The first-order valence-electron chi connectivity index (χ1n) is 7.88. The summed E-state index contributed by atoms with van der Waals surface area (Å²) in [7, 11) is -2.08. The molecule has 1 heterocycles. The molecule has 1 unspecified atom stereocenters. The lowest BCUT2D eigenvalue weighted by atomic mass is 10.0. The number of benzene rings is 1. The molecule has 1 aromatic heterocycles. The predicted octanol–water partition coefficient (Wildman–Crippen LogP) is 2.88. The normalized spacial score (nSPS) is 13.0. The summed E-state index contributed by atoms with van der Waals surface area (Å²) in [6, 6.07) is 4.93. The van der Waals surface area contributed by atoms with Crippen LogP contribution in [0.3, 0.4) is 0 Å². The molecule has 1 aromatic carbocycles. The number of aliphatic hydroxyl groups is 1. The zero-order valence-corrected chi connectivity index (χ0v) is 15.0. The van der Waals surface area contributed by atoms with Gasteiger partial charge in [-0.15, -0.1) is 0 Å². The number of nitrogens with two attached hydrogens (primary N) is 1. The van der Waals surface area contributed by atoms with Gasteiger partial charge in [-0.2, -0.15) is 0 Å². The lowest BCUT2D eigenvalue weighted by Crippen LogP contribution is -2.22. The number of nitrogens with zero attached hydrogens (tertiary/aromatic N) is 1. The number of anilines is 1. The maximum absolute atomic E-state index is 12.2. The standard InChI is InChI=1S/C17H24N2O4S/c1-4-5-7-19(3)15-9-14(12(2)20)10-16(24(18,21)22)17(15)13-6-8-23-11-13/h6,8-12,20H,4-5,7H2,1-3H3,(H2,18,21,22). The van der Waals surface area contributed by atoms with Crippen LogP contribution < -0.4 is 10.0 Å². The van der Waals surface area contributed by atoms with Crippen molar-refractivity contribution in [3.63, 3.8) is 0 Å². The van der Waals surface area contributed by atoms with Gasteiger partial charge in [0.25, 0.3) is 0 Å². The Morgan fingerprint density at radius 2 is 2.08 bits per heavy atom. The van der Waals surface area contributed by atoms with Crippen molar-refractivity contribution in [2.24, 2.45) is 5.14 Å². The number of primary sulfonamides is 1. The summed E-state index contributed by atoms with van der Waals surface area (Å²) in [6.07, 6.45) is 4.15. The third-order valence-corrected chi connectivity index (χ3v) is 4.90. The largest absolute Gasteiger partial charge is 0.472 e. The van der Waals surface area contributed by atoms with Crippen LogP contribution in [0.25, 0.3) is 11.1 Å². The summed E-state index contributed by atoms with van der Waals surface area (Å²) >= 11 is 0. The van der Waals surface area contributed by atoms with Gasteiger partial charge in [-0.1, -0.05) is 13.3 Å². The molecule has 0 aliphatic heterocycles. The number of furan rings is 1. The molecule has 0 spiro atoms. The van der Waals surface area contributed by atoms with E-state index >= 15 is 0 Å². The lowest BCUT2D eigenvalue weighted by molar-refractivity contribution is 0.199. The van der Waals surface area contributed by atoms with Crippen molar-refractivity contribution < 1.29 is 17.9 Å². The van der Waals surface area contributed by atoms with Gasteiger partial charge in [-0.3, -0.25) is 0 Å². The first kappa shape index (κ1) is 18.5. The second-order valence-corrected chi connectivity index (χ2v) is 7.45. The summed E-state index contributed by atoms with van der Waals surface area (Å²) in [5.74, 6) is 0. The van der Waals surface area contributed by atoms with Crippen LogP contribution in [0.5, 0.6) is 0 Å². The highest BCUT2D eigenvalue weighted by atomic mass is 32.2. The zero-order valence-electron chi connectivity index (χ0n) is 14.2. The van der Waals surface area contributed by atoms with Gasteiger partial charge in [0.05, 0.1) is 23.5 Å². The minimum atomic E-state index is -3.97. The van der Waals surface area contributed by atoms with Crippen molar-refractivity contribution in [3.8, 4) is 11.1 Å². The van der Waals surface area contributed by atoms with Crippen molar-refractivity contribution in [2.45, 2.75) is 37.7 Å². The van der Waals surface area contributed by atoms with E-state index in [-0.39, 0.29) is 4.90 Å². The molecule has 0 fully saturated rings. The molecule has 0 amide bonds. The Morgan fingerprint density at radius 1 is 1.38 bits per heavy atom. The highest BCUT2D eigenvalue weighted by Gasteiger charge is 2.24. The molecular weight excluding hydrogens is 328 g/mol. The molecule has 1 atom stereocenters. The van der Waals surface area contributed by atoms with E-state index in [0.717, 1.165) is 19.4 Å². The highest BCUT2D eigenvalue weighted by Crippen LogP contribution is 2.38. The topological polar surface area (TPSA) is 96.8 Å². The van der Waals surface area contributed by atoms with E-state index in [4.69, 9.17) is 9.56 Å². The molecule has 0 radical (unpaired) electrons. The summed E-state index contributed by atoms with van der Waals surface area (Å²) < 4.78 is 29.4. The van der Waals surface area contributed by atoms with Crippen molar-refractivity contribution in [1.82, 2.24) is 0 Å². The summed E-state index contributed by atoms with van der Waals surface area (Å²) in [6.45, 7) is 4.44. The molecule has 3 N–H and O–H groups in total. The van der Waals surface area contributed by atoms with E-state index in [2.05, 4.69) is 6.92 Å². The average Bonchev–Trinajstić information content (AvgIpc) is 3.04. The Bertz CT molecular complexity index is 783. The summed E-state index contributed by atoms with van der Waals surface area (Å²) in [4.78, 5) is 1.97. The molecule has 7 heteroatoms. The van der Waals surface area contributed by atoms with E-state index in [9.17, 15) is 13.5 Å². The Balaban J connectivity index is 2.76. The van der Waals surface area contributed by atoms with Gasteiger partial charge in [0, 0.05) is 30.4 Å².